The van der Waals surface area contributed by atoms with Gasteiger partial charge in [0.25, 0.3) is 0 Å². The van der Waals surface area contributed by atoms with Crippen LogP contribution in [0.4, 0.5) is 0 Å². The Kier molecular flexibility index (Phi) is 37.9. The van der Waals surface area contributed by atoms with Crippen molar-refractivity contribution in [2.24, 2.45) is 17.8 Å². The molecule has 400 valence electrons. The molecule has 1 aliphatic carbocycles. The minimum Gasteiger partial charge on any atom is -0.462 e. The highest BCUT2D eigenvalue weighted by molar-refractivity contribution is 7.47. The lowest BCUT2D eigenvalue weighted by molar-refractivity contribution is -0.161. The number of esters is 2. The summed E-state index contributed by atoms with van der Waals surface area (Å²) in [6.07, 6.45) is 29.6. The number of unbranched alkanes of at least 4 members (excludes halogenated alkanes) is 22. The average Bonchev–Trinajstić information content (AvgIpc) is 3.55. The SMILES string of the molecule is CCCCC[C@H](O)/C=C/[C@H]1[C@H](O)CC(=O)[C@@H]1CCCCCCC(=O)O[C@H](COC(=O)CCCCCCCCCCCCCCCCCCCCC(C)C)COP(=O)(O)OC[C@@H](O)COP(=O)(O)O. The Balaban J connectivity index is 2.42. The van der Waals surface area contributed by atoms with Crippen LogP contribution in [0.5, 0.6) is 0 Å². The summed E-state index contributed by atoms with van der Waals surface area (Å²) in [5.41, 5.74) is 0. The fraction of sp³-hybridized carbons (Fsp3) is 0.900. The van der Waals surface area contributed by atoms with E-state index in [-0.39, 0.29) is 36.9 Å². The van der Waals surface area contributed by atoms with Gasteiger partial charge in [0.2, 0.25) is 0 Å². The molecule has 1 aliphatic rings. The van der Waals surface area contributed by atoms with Crippen molar-refractivity contribution >= 4 is 33.4 Å². The highest BCUT2D eigenvalue weighted by Crippen LogP contribution is 2.44. The molecular weight excluding hydrogens is 918 g/mol. The van der Waals surface area contributed by atoms with Gasteiger partial charge in [-0.15, -0.1) is 0 Å². The fourth-order valence-corrected chi connectivity index (χ4v) is 9.59. The van der Waals surface area contributed by atoms with E-state index in [2.05, 4.69) is 25.3 Å². The molecule has 6 N–H and O–H groups in total. The Morgan fingerprint density at radius 2 is 1.10 bits per heavy atom. The minimum atomic E-state index is -4.90. The number of carbonyl (C=O) groups is 3. The van der Waals surface area contributed by atoms with Crippen LogP contribution in [0.1, 0.15) is 220 Å². The van der Waals surface area contributed by atoms with E-state index in [4.69, 9.17) is 28.3 Å². The number of Topliss-reactive ketones (excluding diaryl/α,β-unsaturated/α-hetero) is 1. The van der Waals surface area contributed by atoms with Gasteiger partial charge >= 0.3 is 27.6 Å². The second kappa shape index (κ2) is 40.0. The fourth-order valence-electron chi connectivity index (χ4n) is 8.43. The molecule has 16 nitrogen and oxygen atoms in total. The number of phosphoric acid groups is 2. The molecule has 0 heterocycles. The van der Waals surface area contributed by atoms with E-state index in [1.165, 1.54) is 96.3 Å². The van der Waals surface area contributed by atoms with Gasteiger partial charge in [0, 0.05) is 31.1 Å². The van der Waals surface area contributed by atoms with Crippen molar-refractivity contribution in [3.05, 3.63) is 12.2 Å². The van der Waals surface area contributed by atoms with E-state index in [1.54, 1.807) is 12.2 Å². The first-order chi connectivity index (χ1) is 32.4. The molecule has 1 unspecified atom stereocenters. The molecule has 68 heavy (non-hydrogen) atoms. The number of hydrogen-bond acceptors (Lipinski definition) is 13. The number of ether oxygens (including phenoxy) is 2. The normalized spacial score (nSPS) is 18.9. The molecule has 0 bridgehead atoms. The van der Waals surface area contributed by atoms with Crippen molar-refractivity contribution in [3.8, 4) is 0 Å². The van der Waals surface area contributed by atoms with Gasteiger partial charge in [-0.1, -0.05) is 187 Å². The first kappa shape index (κ1) is 64.5. The lowest BCUT2D eigenvalue weighted by atomic mass is 9.88. The Hall–Kier alpha value is -1.55. The van der Waals surface area contributed by atoms with Crippen LogP contribution in [0.15, 0.2) is 12.2 Å². The number of ketones is 1. The Labute approximate surface area is 409 Å². The first-order valence-corrected chi connectivity index (χ1v) is 29.4. The van der Waals surface area contributed by atoms with Crippen molar-refractivity contribution in [1.29, 1.82) is 0 Å². The van der Waals surface area contributed by atoms with Gasteiger partial charge in [0.15, 0.2) is 6.10 Å². The van der Waals surface area contributed by atoms with Crippen LogP contribution in [0.2, 0.25) is 0 Å². The zero-order valence-electron chi connectivity index (χ0n) is 42.1. The monoisotopic (exact) mass is 1010 g/mol. The van der Waals surface area contributed by atoms with Crippen molar-refractivity contribution in [2.45, 2.75) is 244 Å². The third-order valence-electron chi connectivity index (χ3n) is 12.5. The summed E-state index contributed by atoms with van der Waals surface area (Å²) in [6.45, 7) is 3.78. The zero-order valence-corrected chi connectivity index (χ0v) is 43.9. The third kappa shape index (κ3) is 37.3. The first-order valence-electron chi connectivity index (χ1n) is 26.3. The van der Waals surface area contributed by atoms with Crippen LogP contribution in [0.3, 0.4) is 0 Å². The average molecular weight is 1010 g/mol. The molecule has 0 saturated heterocycles. The molecule has 0 aromatic carbocycles. The van der Waals surface area contributed by atoms with Gasteiger partial charge in [-0.3, -0.25) is 28.0 Å². The molecule has 1 fully saturated rings. The Morgan fingerprint density at radius 1 is 0.632 bits per heavy atom. The van der Waals surface area contributed by atoms with Crippen molar-refractivity contribution in [2.75, 3.05) is 26.4 Å². The highest BCUT2D eigenvalue weighted by atomic mass is 31.2. The number of carbonyl (C=O) groups excluding carboxylic acids is 3. The summed E-state index contributed by atoms with van der Waals surface area (Å²) < 4.78 is 48.0. The molecule has 18 heteroatoms. The van der Waals surface area contributed by atoms with E-state index in [9.17, 15) is 43.7 Å². The smallest absolute Gasteiger partial charge is 0.462 e. The summed E-state index contributed by atoms with van der Waals surface area (Å²) >= 11 is 0. The molecule has 0 aromatic rings. The largest absolute Gasteiger partial charge is 0.472 e. The van der Waals surface area contributed by atoms with Crippen LogP contribution in [-0.4, -0.2) is 98.6 Å². The van der Waals surface area contributed by atoms with E-state index in [0.717, 1.165) is 44.4 Å². The van der Waals surface area contributed by atoms with E-state index in [1.807, 2.05) is 0 Å². The van der Waals surface area contributed by atoms with E-state index in [0.29, 0.717) is 44.9 Å². The number of aliphatic hydroxyl groups is 3. The summed E-state index contributed by atoms with van der Waals surface area (Å²) in [4.78, 5) is 65.8. The van der Waals surface area contributed by atoms with Gasteiger partial charge < -0.3 is 39.5 Å². The maximum Gasteiger partial charge on any atom is 0.472 e. The van der Waals surface area contributed by atoms with Gasteiger partial charge in [0.05, 0.1) is 32.0 Å². The molecule has 0 aromatic heterocycles. The van der Waals surface area contributed by atoms with Crippen LogP contribution >= 0.6 is 15.6 Å². The second-order valence-electron chi connectivity index (χ2n) is 19.4. The highest BCUT2D eigenvalue weighted by Gasteiger charge is 2.39. The molecule has 1 saturated carbocycles. The van der Waals surface area contributed by atoms with E-state index >= 15 is 0 Å². The molecule has 7 atom stereocenters. The third-order valence-corrected chi connectivity index (χ3v) is 13.9. The number of phosphoric ester groups is 2. The summed E-state index contributed by atoms with van der Waals surface area (Å²) in [6, 6.07) is 0. The van der Waals surface area contributed by atoms with E-state index < -0.39 is 78.4 Å². The predicted octanol–water partition coefficient (Wildman–Crippen LogP) is 10.9. The molecule has 0 radical (unpaired) electrons. The molecular formula is C50H94O16P2. The maximum absolute atomic E-state index is 12.8. The molecule has 1 rings (SSSR count). The standard InChI is InChI=1S/C50H94O16P2/c1-4-5-24-30-42(51)34-35-46-45(47(53)36-48(46)54)31-26-22-23-28-33-50(56)66-44(40-65-68(60,61)64-38-43(52)37-63-67(57,58)59)39-62-49(55)32-27-21-19-17-15-13-11-9-7-6-8-10-12-14-16-18-20-25-29-41(2)3/h34-35,41-46,48,51-52,54H,4-33,36-40H2,1-3H3,(H,60,61)(H2,57,58,59)/b35-34+/t42-,43-,44+,45+,46+,48+/m0/s1. The minimum absolute atomic E-state index is 0.00342. The van der Waals surface area contributed by atoms with Gasteiger partial charge in [-0.05, 0) is 31.6 Å². The van der Waals surface area contributed by atoms with Gasteiger partial charge in [0.1, 0.15) is 18.5 Å². The predicted molar refractivity (Wildman–Crippen MR) is 263 cm³/mol. The van der Waals surface area contributed by atoms with Crippen LogP contribution in [0, 0.1) is 17.8 Å². The van der Waals surface area contributed by atoms with Crippen LogP contribution < -0.4 is 0 Å². The Morgan fingerprint density at radius 3 is 1.63 bits per heavy atom. The topological polar surface area (TPSA) is 253 Å². The maximum atomic E-state index is 12.8. The quantitative estimate of drug-likeness (QED) is 0.0143. The number of rotatable bonds is 46. The number of aliphatic hydroxyl groups excluding tert-OH is 3. The van der Waals surface area contributed by atoms with Crippen LogP contribution in [0.25, 0.3) is 0 Å². The summed E-state index contributed by atoms with van der Waals surface area (Å²) in [7, 11) is -9.78. The summed E-state index contributed by atoms with van der Waals surface area (Å²) in [5.74, 6) is -1.03. The van der Waals surface area contributed by atoms with Crippen molar-refractivity contribution < 1.29 is 76.6 Å². The lowest BCUT2D eigenvalue weighted by Crippen LogP contribution is -2.30. The second-order valence-corrected chi connectivity index (χ2v) is 22.1. The van der Waals surface area contributed by atoms with Crippen molar-refractivity contribution in [1.82, 2.24) is 0 Å². The Bertz CT molecular complexity index is 1420. The molecule has 0 amide bonds. The zero-order chi connectivity index (χ0) is 50.5. The van der Waals surface area contributed by atoms with Crippen LogP contribution in [-0.2, 0) is 46.6 Å². The molecule has 0 aliphatic heterocycles. The summed E-state index contributed by atoms with van der Waals surface area (Å²) in [5, 5.41) is 30.6. The van der Waals surface area contributed by atoms with Gasteiger partial charge in [-0.25, -0.2) is 9.13 Å². The molecule has 0 spiro atoms. The van der Waals surface area contributed by atoms with Crippen molar-refractivity contribution in [3.63, 3.8) is 0 Å². The van der Waals surface area contributed by atoms with Gasteiger partial charge in [-0.2, -0.15) is 0 Å². The number of hydrogen-bond donors (Lipinski definition) is 6. The lowest BCUT2D eigenvalue weighted by Gasteiger charge is -2.20.